The number of hydrogen-bond acceptors (Lipinski definition) is 7. The second-order valence-electron chi connectivity index (χ2n) is 7.83. The van der Waals surface area contributed by atoms with Gasteiger partial charge in [0.05, 0.1) is 11.1 Å². The molecule has 0 aliphatic rings. The van der Waals surface area contributed by atoms with Crippen molar-refractivity contribution in [3.8, 4) is 0 Å². The van der Waals surface area contributed by atoms with Crippen LogP contribution in [0.3, 0.4) is 0 Å². The molecule has 0 saturated heterocycles. The van der Waals surface area contributed by atoms with Gasteiger partial charge in [-0.05, 0) is 43.7 Å². The van der Waals surface area contributed by atoms with E-state index in [1.54, 1.807) is 35.6 Å². The van der Waals surface area contributed by atoms with Gasteiger partial charge in [0, 0.05) is 29.1 Å². The number of nitrogens with one attached hydrogen (secondary N) is 2. The fourth-order valence-electron chi connectivity index (χ4n) is 3.39. The van der Waals surface area contributed by atoms with Gasteiger partial charge < -0.3 is 10.6 Å². The summed E-state index contributed by atoms with van der Waals surface area (Å²) in [5, 5.41) is 16.1. The van der Waals surface area contributed by atoms with Gasteiger partial charge in [-0.2, -0.15) is 0 Å². The van der Waals surface area contributed by atoms with Crippen LogP contribution in [-0.2, 0) is 9.59 Å². The number of benzene rings is 1. The zero-order valence-electron chi connectivity index (χ0n) is 18.5. The summed E-state index contributed by atoms with van der Waals surface area (Å²) in [6.07, 6.45) is 0. The van der Waals surface area contributed by atoms with Crippen LogP contribution in [0.4, 0.5) is 11.4 Å². The molecule has 3 heterocycles. The maximum Gasteiger partial charge on any atom is 0.234 e. The average Bonchev–Trinajstić information content (AvgIpc) is 3.27. The number of hydrogen-bond donors (Lipinski definition) is 2. The predicted octanol–water partition coefficient (Wildman–Crippen LogP) is 4.77. The molecule has 0 saturated carbocycles. The van der Waals surface area contributed by atoms with E-state index in [-0.39, 0.29) is 23.5 Å². The van der Waals surface area contributed by atoms with Crippen LogP contribution in [0.15, 0.2) is 29.4 Å². The first-order valence-electron chi connectivity index (χ1n) is 10.2. The molecule has 32 heavy (non-hydrogen) atoms. The molecule has 0 unspecified atom stereocenters. The molecule has 0 radical (unpaired) electrons. The molecular formula is C22H24N6O2S2. The number of thiophene rings is 1. The van der Waals surface area contributed by atoms with Crippen molar-refractivity contribution in [1.82, 2.24) is 19.6 Å². The Morgan fingerprint density at radius 2 is 1.75 bits per heavy atom. The second-order valence-corrected chi connectivity index (χ2v) is 9.97. The van der Waals surface area contributed by atoms with E-state index in [4.69, 9.17) is 4.98 Å². The first-order valence-corrected chi connectivity index (χ1v) is 12.0. The lowest BCUT2D eigenvalue weighted by atomic mass is 10.2. The van der Waals surface area contributed by atoms with E-state index in [1.807, 2.05) is 4.40 Å². The molecule has 0 bridgehead atoms. The van der Waals surface area contributed by atoms with Crippen LogP contribution >= 0.6 is 23.1 Å². The number of aryl methyl sites for hydroxylation is 2. The standard InChI is InChI=1S/C22H24N6O2S2/c1-11(2)19-25-21-18(12(3)13(4)32-21)20-26-27-22(28(19)20)31-10-17(30)24-16-8-6-15(7-9-16)23-14(5)29/h6-9,11H,10H2,1-5H3,(H,23,29)(H,24,30). The number of carbonyl (C=O) groups is 2. The van der Waals surface area contributed by atoms with Gasteiger partial charge in [-0.15, -0.1) is 21.5 Å². The fourth-order valence-corrected chi connectivity index (χ4v) is 5.16. The third-order valence-corrected chi connectivity index (χ3v) is 7.04. The maximum atomic E-state index is 12.5. The van der Waals surface area contributed by atoms with Gasteiger partial charge in [0.25, 0.3) is 0 Å². The maximum absolute atomic E-state index is 12.5. The molecule has 2 amide bonds. The van der Waals surface area contributed by atoms with Crippen LogP contribution in [0.25, 0.3) is 15.9 Å². The van der Waals surface area contributed by atoms with E-state index in [0.29, 0.717) is 16.5 Å². The lowest BCUT2D eigenvalue weighted by Gasteiger charge is -2.11. The summed E-state index contributed by atoms with van der Waals surface area (Å²) in [5.41, 5.74) is 3.30. The van der Waals surface area contributed by atoms with Gasteiger partial charge in [-0.3, -0.25) is 14.0 Å². The summed E-state index contributed by atoms with van der Waals surface area (Å²) < 4.78 is 1.98. The molecule has 8 nitrogen and oxygen atoms in total. The molecule has 10 heteroatoms. The Kier molecular flexibility index (Phi) is 6.16. The van der Waals surface area contributed by atoms with Crippen LogP contribution in [0.1, 0.15) is 43.0 Å². The quantitative estimate of drug-likeness (QED) is 0.395. The fraction of sp³-hybridized carbons (Fsp3) is 0.318. The summed E-state index contributed by atoms with van der Waals surface area (Å²) in [6, 6.07) is 6.99. The molecule has 0 aliphatic heterocycles. The van der Waals surface area contributed by atoms with E-state index in [2.05, 4.69) is 48.5 Å². The highest BCUT2D eigenvalue weighted by Gasteiger charge is 2.21. The van der Waals surface area contributed by atoms with Gasteiger partial charge in [0.15, 0.2) is 10.8 Å². The minimum absolute atomic E-state index is 0.140. The third kappa shape index (κ3) is 4.33. The number of amides is 2. The van der Waals surface area contributed by atoms with Crippen LogP contribution in [0.5, 0.6) is 0 Å². The van der Waals surface area contributed by atoms with E-state index in [1.165, 1.54) is 29.1 Å². The normalized spacial score (nSPS) is 11.4. The van der Waals surface area contributed by atoms with Gasteiger partial charge in [0.1, 0.15) is 10.7 Å². The molecule has 0 spiro atoms. The highest BCUT2D eigenvalue weighted by atomic mass is 32.2. The van der Waals surface area contributed by atoms with Crippen molar-refractivity contribution in [3.63, 3.8) is 0 Å². The van der Waals surface area contributed by atoms with Gasteiger partial charge in [-0.1, -0.05) is 25.6 Å². The summed E-state index contributed by atoms with van der Waals surface area (Å²) in [5.74, 6) is 0.956. The Balaban J connectivity index is 1.55. The van der Waals surface area contributed by atoms with Gasteiger partial charge in [0.2, 0.25) is 11.8 Å². The van der Waals surface area contributed by atoms with Crippen molar-refractivity contribution in [2.75, 3.05) is 16.4 Å². The highest BCUT2D eigenvalue weighted by molar-refractivity contribution is 7.99. The summed E-state index contributed by atoms with van der Waals surface area (Å²) in [7, 11) is 0. The van der Waals surface area contributed by atoms with Crippen LogP contribution < -0.4 is 10.6 Å². The van der Waals surface area contributed by atoms with Crippen molar-refractivity contribution in [3.05, 3.63) is 40.5 Å². The molecule has 0 fully saturated rings. The Morgan fingerprint density at radius 3 is 2.38 bits per heavy atom. The minimum atomic E-state index is -0.151. The second kappa shape index (κ2) is 8.87. The van der Waals surface area contributed by atoms with Crippen molar-refractivity contribution < 1.29 is 9.59 Å². The van der Waals surface area contributed by atoms with Crippen LogP contribution in [-0.4, -0.2) is 37.1 Å². The van der Waals surface area contributed by atoms with Crippen LogP contribution in [0, 0.1) is 13.8 Å². The van der Waals surface area contributed by atoms with Gasteiger partial charge in [-0.25, -0.2) is 4.98 Å². The van der Waals surface area contributed by atoms with E-state index < -0.39 is 0 Å². The molecular weight excluding hydrogens is 444 g/mol. The monoisotopic (exact) mass is 468 g/mol. The van der Waals surface area contributed by atoms with Crippen molar-refractivity contribution in [2.24, 2.45) is 0 Å². The molecule has 166 valence electrons. The van der Waals surface area contributed by atoms with Crippen molar-refractivity contribution >= 4 is 62.2 Å². The van der Waals surface area contributed by atoms with Crippen molar-refractivity contribution in [2.45, 2.75) is 45.7 Å². The predicted molar refractivity (Wildman–Crippen MR) is 130 cm³/mol. The lowest BCUT2D eigenvalue weighted by Crippen LogP contribution is -2.14. The first-order chi connectivity index (χ1) is 15.2. The molecule has 4 aromatic rings. The number of carbonyl (C=O) groups excluding carboxylic acids is 2. The van der Waals surface area contributed by atoms with E-state index in [9.17, 15) is 9.59 Å². The Morgan fingerprint density at radius 1 is 1.09 bits per heavy atom. The zero-order valence-corrected chi connectivity index (χ0v) is 20.1. The number of anilines is 2. The number of thioether (sulfide) groups is 1. The van der Waals surface area contributed by atoms with Gasteiger partial charge >= 0.3 is 0 Å². The minimum Gasteiger partial charge on any atom is -0.326 e. The van der Waals surface area contributed by atoms with Crippen LogP contribution in [0.2, 0.25) is 0 Å². The van der Waals surface area contributed by atoms with E-state index >= 15 is 0 Å². The van der Waals surface area contributed by atoms with E-state index in [0.717, 1.165) is 21.7 Å². The smallest absolute Gasteiger partial charge is 0.234 e. The molecule has 0 aliphatic carbocycles. The largest absolute Gasteiger partial charge is 0.326 e. The number of aromatic nitrogens is 4. The molecule has 1 aromatic carbocycles. The Hall–Kier alpha value is -2.98. The molecule has 4 rings (SSSR count). The summed E-state index contributed by atoms with van der Waals surface area (Å²) in [6.45, 7) is 9.80. The zero-order chi connectivity index (χ0) is 23.0. The first kappa shape index (κ1) is 22.2. The number of rotatable bonds is 6. The molecule has 0 atom stereocenters. The third-order valence-electron chi connectivity index (χ3n) is 5.01. The number of fused-ring (bicyclic) bond motifs is 3. The average molecular weight is 469 g/mol. The highest BCUT2D eigenvalue weighted by Crippen LogP contribution is 2.34. The topological polar surface area (TPSA) is 101 Å². The molecule has 2 N–H and O–H groups in total. The summed E-state index contributed by atoms with van der Waals surface area (Å²) in [4.78, 5) is 30.7. The SMILES string of the molecule is CC(=O)Nc1ccc(NC(=O)CSc2nnc3c4c(C)c(C)sc4nc(C(C)C)n23)cc1. The Bertz CT molecular complexity index is 1320. The number of nitrogens with zero attached hydrogens (tertiary/aromatic N) is 4. The summed E-state index contributed by atoms with van der Waals surface area (Å²) >= 11 is 3.00. The Labute approximate surface area is 193 Å². The van der Waals surface area contributed by atoms with Crippen molar-refractivity contribution in [1.29, 1.82) is 0 Å². The lowest BCUT2D eigenvalue weighted by molar-refractivity contribution is -0.114. The molecule has 3 aromatic heterocycles.